The molecule has 2 heterocycles. The Hall–Kier alpha value is -2.03. The molecule has 2 aromatic rings. The molecule has 0 spiro atoms. The first-order valence-electron chi connectivity index (χ1n) is 4.73. The molecule has 0 N–H and O–H groups in total. The van der Waals surface area contributed by atoms with E-state index in [2.05, 4.69) is 15.0 Å². The van der Waals surface area contributed by atoms with Crippen molar-refractivity contribution >= 4 is 12.0 Å². The van der Waals surface area contributed by atoms with Crippen molar-refractivity contribution < 1.29 is 0 Å². The van der Waals surface area contributed by atoms with Gasteiger partial charge in [0.1, 0.15) is 0 Å². The zero-order valence-corrected chi connectivity index (χ0v) is 8.46. The lowest BCUT2D eigenvalue weighted by atomic mass is 10.3. The highest BCUT2D eigenvalue weighted by molar-refractivity contribution is 5.78. The minimum absolute atomic E-state index is 0.709. The second-order valence-electron chi connectivity index (χ2n) is 3.15. The Balaban J connectivity index is 2.19. The first-order valence-corrected chi connectivity index (χ1v) is 4.73. The molecule has 3 heteroatoms. The molecule has 2 rings (SSSR count). The lowest BCUT2D eigenvalue weighted by molar-refractivity contribution is 1.18. The molecule has 0 saturated carbocycles. The average Bonchev–Trinajstić information content (AvgIpc) is 2.28. The molecule has 0 aliphatic heterocycles. The Labute approximate surface area is 88.6 Å². The number of hydrogen-bond donors (Lipinski definition) is 0. The predicted octanol–water partition coefficient (Wildman–Crippen LogP) is 2.54. The van der Waals surface area contributed by atoms with Gasteiger partial charge in [-0.3, -0.25) is 4.98 Å². The van der Waals surface area contributed by atoms with Crippen molar-refractivity contribution in [1.82, 2.24) is 9.97 Å². The molecule has 0 fully saturated rings. The summed E-state index contributed by atoms with van der Waals surface area (Å²) in [6.07, 6.45) is 3.45. The number of aromatic nitrogens is 2. The number of aliphatic imine (C=N–C) groups is 1. The molecule has 0 unspecified atom stereocenters. The van der Waals surface area contributed by atoms with Crippen LogP contribution in [0.4, 0.5) is 5.82 Å². The van der Waals surface area contributed by atoms with E-state index < -0.39 is 0 Å². The van der Waals surface area contributed by atoms with Crippen LogP contribution in [-0.4, -0.2) is 16.2 Å². The van der Waals surface area contributed by atoms with E-state index in [1.54, 1.807) is 12.4 Å². The summed E-state index contributed by atoms with van der Waals surface area (Å²) in [7, 11) is 0. The lowest BCUT2D eigenvalue weighted by Gasteiger charge is -1.94. The Morgan fingerprint density at radius 3 is 2.80 bits per heavy atom. The monoisotopic (exact) mass is 197 g/mol. The highest BCUT2D eigenvalue weighted by Gasteiger charge is 1.90. The van der Waals surface area contributed by atoms with Crippen LogP contribution >= 0.6 is 0 Å². The lowest BCUT2D eigenvalue weighted by Crippen LogP contribution is -1.85. The first-order chi connectivity index (χ1) is 7.34. The van der Waals surface area contributed by atoms with Gasteiger partial charge in [-0.2, -0.15) is 0 Å². The number of aryl methyl sites for hydroxylation is 1. The molecule has 74 valence electrons. The summed E-state index contributed by atoms with van der Waals surface area (Å²) in [5, 5.41) is 0. The van der Waals surface area contributed by atoms with Gasteiger partial charge in [0.05, 0.1) is 11.9 Å². The van der Waals surface area contributed by atoms with Crippen molar-refractivity contribution in [2.75, 3.05) is 0 Å². The van der Waals surface area contributed by atoms with Crippen molar-refractivity contribution in [2.45, 2.75) is 6.92 Å². The number of hydrogen-bond acceptors (Lipinski definition) is 3. The normalized spacial score (nSPS) is 10.7. The average molecular weight is 197 g/mol. The van der Waals surface area contributed by atoms with Gasteiger partial charge >= 0.3 is 0 Å². The molecule has 0 aliphatic carbocycles. The first kappa shape index (κ1) is 9.52. The minimum atomic E-state index is 0.709. The van der Waals surface area contributed by atoms with Crippen LogP contribution in [0.2, 0.25) is 0 Å². The Morgan fingerprint density at radius 1 is 1.13 bits per heavy atom. The molecule has 0 aliphatic rings. The van der Waals surface area contributed by atoms with Gasteiger partial charge in [0.2, 0.25) is 0 Å². The molecule has 0 radical (unpaired) electrons. The van der Waals surface area contributed by atoms with Gasteiger partial charge in [-0.25, -0.2) is 9.98 Å². The highest BCUT2D eigenvalue weighted by Crippen LogP contribution is 2.07. The molecule has 0 aromatic carbocycles. The van der Waals surface area contributed by atoms with Gasteiger partial charge in [-0.1, -0.05) is 12.1 Å². The molecule has 0 bridgehead atoms. The largest absolute Gasteiger partial charge is 0.255 e. The van der Waals surface area contributed by atoms with Crippen LogP contribution in [0.1, 0.15) is 11.4 Å². The fourth-order valence-electron chi connectivity index (χ4n) is 1.19. The zero-order valence-electron chi connectivity index (χ0n) is 8.46. The van der Waals surface area contributed by atoms with Crippen LogP contribution in [0.25, 0.3) is 0 Å². The van der Waals surface area contributed by atoms with E-state index in [1.165, 1.54) is 0 Å². The standard InChI is InChI=1S/C12H11N3/c1-10-5-4-7-12(15-10)14-9-11-6-2-3-8-13-11/h2-9H,1H3. The third-order valence-electron chi connectivity index (χ3n) is 1.89. The maximum absolute atomic E-state index is 4.26. The third kappa shape index (κ3) is 2.71. The van der Waals surface area contributed by atoms with Crippen molar-refractivity contribution in [2.24, 2.45) is 4.99 Å². The quantitative estimate of drug-likeness (QED) is 0.694. The summed E-state index contributed by atoms with van der Waals surface area (Å²) in [6, 6.07) is 11.5. The van der Waals surface area contributed by atoms with Gasteiger partial charge in [-0.05, 0) is 31.2 Å². The van der Waals surface area contributed by atoms with Gasteiger partial charge in [-0.15, -0.1) is 0 Å². The molecule has 0 amide bonds. The fraction of sp³-hybridized carbons (Fsp3) is 0.0833. The van der Waals surface area contributed by atoms with E-state index in [1.807, 2.05) is 43.3 Å². The molecule has 0 atom stereocenters. The second-order valence-corrected chi connectivity index (χ2v) is 3.15. The van der Waals surface area contributed by atoms with Gasteiger partial charge in [0, 0.05) is 11.9 Å². The SMILES string of the molecule is Cc1cccc(N=Cc2ccccn2)n1. The molecular formula is C12H11N3. The van der Waals surface area contributed by atoms with Crippen LogP contribution in [0.15, 0.2) is 47.6 Å². The van der Waals surface area contributed by atoms with E-state index in [4.69, 9.17) is 0 Å². The second kappa shape index (κ2) is 4.46. The molecule has 3 nitrogen and oxygen atoms in total. The van der Waals surface area contributed by atoms with Crippen LogP contribution in [0.5, 0.6) is 0 Å². The van der Waals surface area contributed by atoms with Crippen molar-refractivity contribution in [1.29, 1.82) is 0 Å². The van der Waals surface area contributed by atoms with Crippen molar-refractivity contribution in [3.63, 3.8) is 0 Å². The van der Waals surface area contributed by atoms with Gasteiger partial charge in [0.25, 0.3) is 0 Å². The van der Waals surface area contributed by atoms with E-state index in [0.717, 1.165) is 11.4 Å². The Morgan fingerprint density at radius 2 is 2.07 bits per heavy atom. The van der Waals surface area contributed by atoms with E-state index in [0.29, 0.717) is 5.82 Å². The minimum Gasteiger partial charge on any atom is -0.255 e. The molecule has 15 heavy (non-hydrogen) atoms. The third-order valence-corrected chi connectivity index (χ3v) is 1.89. The van der Waals surface area contributed by atoms with Crippen LogP contribution in [-0.2, 0) is 0 Å². The summed E-state index contributed by atoms with van der Waals surface area (Å²) in [5.41, 5.74) is 1.80. The number of rotatable bonds is 2. The number of pyridine rings is 2. The van der Waals surface area contributed by atoms with Crippen LogP contribution in [0.3, 0.4) is 0 Å². The summed E-state index contributed by atoms with van der Waals surface area (Å²) in [4.78, 5) is 12.6. The highest BCUT2D eigenvalue weighted by atomic mass is 14.9. The summed E-state index contributed by atoms with van der Waals surface area (Å²) in [6.45, 7) is 1.94. The van der Waals surface area contributed by atoms with Gasteiger partial charge in [0.15, 0.2) is 5.82 Å². The topological polar surface area (TPSA) is 38.1 Å². The number of nitrogens with zero attached hydrogens (tertiary/aromatic N) is 3. The Bertz CT molecular complexity index is 463. The van der Waals surface area contributed by atoms with E-state index in [9.17, 15) is 0 Å². The zero-order chi connectivity index (χ0) is 10.5. The maximum atomic E-state index is 4.26. The smallest absolute Gasteiger partial charge is 0.152 e. The van der Waals surface area contributed by atoms with Crippen LogP contribution < -0.4 is 0 Å². The van der Waals surface area contributed by atoms with Crippen molar-refractivity contribution in [3.8, 4) is 0 Å². The molecule has 0 saturated heterocycles. The summed E-state index contributed by atoms with van der Waals surface area (Å²) >= 11 is 0. The van der Waals surface area contributed by atoms with E-state index >= 15 is 0 Å². The van der Waals surface area contributed by atoms with E-state index in [-0.39, 0.29) is 0 Å². The maximum Gasteiger partial charge on any atom is 0.152 e. The molecule has 2 aromatic heterocycles. The van der Waals surface area contributed by atoms with Crippen LogP contribution in [0, 0.1) is 6.92 Å². The summed E-state index contributed by atoms with van der Waals surface area (Å²) < 4.78 is 0. The van der Waals surface area contributed by atoms with Gasteiger partial charge < -0.3 is 0 Å². The predicted molar refractivity (Wildman–Crippen MR) is 60.5 cm³/mol. The summed E-state index contributed by atoms with van der Waals surface area (Å²) in [5.74, 6) is 0.709. The Kier molecular flexibility index (Phi) is 2.83. The van der Waals surface area contributed by atoms with Crippen molar-refractivity contribution in [3.05, 3.63) is 54.0 Å². The molecular weight excluding hydrogens is 186 g/mol. The fourth-order valence-corrected chi connectivity index (χ4v) is 1.19.